The number of halogens is 1. The van der Waals surface area contributed by atoms with Crippen LogP contribution in [0.5, 0.6) is 0 Å². The van der Waals surface area contributed by atoms with Gasteiger partial charge in [0.15, 0.2) is 0 Å². The minimum Gasteiger partial charge on any atom is -0.378 e. The molecule has 5 heteroatoms. The summed E-state index contributed by atoms with van der Waals surface area (Å²) in [6, 6.07) is 1.90. The Kier molecular flexibility index (Phi) is 2.52. The number of rotatable bonds is 3. The molecule has 2 heterocycles. The lowest BCUT2D eigenvalue weighted by atomic mass is 10.4. The van der Waals surface area contributed by atoms with E-state index in [1.807, 2.05) is 17.6 Å². The van der Waals surface area contributed by atoms with Crippen LogP contribution < -0.4 is 5.32 Å². The molecule has 0 aliphatic carbocycles. The third-order valence-electron chi connectivity index (χ3n) is 1.64. The molecule has 0 amide bonds. The van der Waals surface area contributed by atoms with E-state index in [1.54, 1.807) is 17.5 Å². The fourth-order valence-electron chi connectivity index (χ4n) is 0.981. The normalized spacial score (nSPS) is 10.2. The Labute approximate surface area is 84.7 Å². The number of hydrogen-bond acceptors (Lipinski definition) is 3. The van der Waals surface area contributed by atoms with Crippen LogP contribution in [0.1, 0.15) is 4.88 Å². The summed E-state index contributed by atoms with van der Waals surface area (Å²) >= 11 is 7.57. The summed E-state index contributed by atoms with van der Waals surface area (Å²) in [4.78, 5) is 1.14. The zero-order chi connectivity index (χ0) is 9.10. The maximum Gasteiger partial charge on any atom is 0.0726 e. The summed E-state index contributed by atoms with van der Waals surface area (Å²) in [5, 5.41) is 12.6. The lowest BCUT2D eigenvalue weighted by molar-refractivity contribution is 1.09. The number of nitrogens with one attached hydrogen (secondary N) is 2. The largest absolute Gasteiger partial charge is 0.378 e. The van der Waals surface area contributed by atoms with Crippen molar-refractivity contribution in [2.24, 2.45) is 0 Å². The van der Waals surface area contributed by atoms with Crippen molar-refractivity contribution in [3.63, 3.8) is 0 Å². The van der Waals surface area contributed by atoms with Crippen LogP contribution in [0.15, 0.2) is 23.8 Å². The van der Waals surface area contributed by atoms with Gasteiger partial charge in [-0.1, -0.05) is 11.6 Å². The molecule has 2 aromatic heterocycles. The molecule has 68 valence electrons. The van der Waals surface area contributed by atoms with Crippen LogP contribution in [0.25, 0.3) is 0 Å². The first kappa shape index (κ1) is 8.59. The lowest BCUT2D eigenvalue weighted by Crippen LogP contribution is -1.95. The number of thiophene rings is 1. The summed E-state index contributed by atoms with van der Waals surface area (Å²) in [6.07, 6.45) is 3.54. The van der Waals surface area contributed by atoms with Gasteiger partial charge in [0.05, 0.1) is 23.5 Å². The van der Waals surface area contributed by atoms with Crippen molar-refractivity contribution < 1.29 is 0 Å². The molecule has 2 N–H and O–H groups in total. The molecule has 0 saturated heterocycles. The second-order valence-corrected chi connectivity index (χ2v) is 3.94. The van der Waals surface area contributed by atoms with Crippen LogP contribution in [0.2, 0.25) is 5.02 Å². The van der Waals surface area contributed by atoms with Crippen molar-refractivity contribution >= 4 is 28.6 Å². The van der Waals surface area contributed by atoms with E-state index in [4.69, 9.17) is 11.6 Å². The molecule has 0 aliphatic rings. The predicted octanol–water partition coefficient (Wildman–Crippen LogP) is 2.74. The Morgan fingerprint density at radius 2 is 2.54 bits per heavy atom. The molecule has 0 spiro atoms. The average Bonchev–Trinajstić information content (AvgIpc) is 2.72. The lowest BCUT2D eigenvalue weighted by Gasteiger charge is -2.00. The van der Waals surface area contributed by atoms with Gasteiger partial charge in [0.2, 0.25) is 0 Å². The maximum absolute atomic E-state index is 5.93. The number of anilines is 1. The summed E-state index contributed by atoms with van der Waals surface area (Å²) in [7, 11) is 0. The molecule has 0 saturated carbocycles. The number of nitrogens with zero attached hydrogens (tertiary/aromatic N) is 1. The predicted molar refractivity (Wildman–Crippen MR) is 55.2 cm³/mol. The third kappa shape index (κ3) is 2.02. The summed E-state index contributed by atoms with van der Waals surface area (Å²) in [5.74, 6) is 0. The Bertz CT molecular complexity index is 368. The Hall–Kier alpha value is -1.00. The van der Waals surface area contributed by atoms with Gasteiger partial charge in [0.25, 0.3) is 0 Å². The van der Waals surface area contributed by atoms with Crippen molar-refractivity contribution in [3.05, 3.63) is 33.7 Å². The smallest absolute Gasteiger partial charge is 0.0726 e. The van der Waals surface area contributed by atoms with Crippen molar-refractivity contribution in [2.75, 3.05) is 5.32 Å². The highest BCUT2D eigenvalue weighted by Gasteiger charge is 2.00. The molecule has 0 unspecified atom stereocenters. The van der Waals surface area contributed by atoms with Gasteiger partial charge >= 0.3 is 0 Å². The van der Waals surface area contributed by atoms with Crippen LogP contribution in [-0.4, -0.2) is 10.2 Å². The zero-order valence-corrected chi connectivity index (χ0v) is 8.32. The summed E-state index contributed by atoms with van der Waals surface area (Å²) in [5.41, 5.74) is 0.976. The average molecular weight is 214 g/mol. The third-order valence-corrected chi connectivity index (χ3v) is 3.03. The highest BCUT2D eigenvalue weighted by atomic mass is 35.5. The summed E-state index contributed by atoms with van der Waals surface area (Å²) in [6.45, 7) is 0.746. The molecule has 2 aromatic rings. The van der Waals surface area contributed by atoms with E-state index in [1.165, 1.54) is 0 Å². The highest BCUT2D eigenvalue weighted by Crippen LogP contribution is 2.22. The fourth-order valence-corrected chi connectivity index (χ4v) is 2.02. The molecule has 0 aliphatic heterocycles. The van der Waals surface area contributed by atoms with Crippen LogP contribution in [-0.2, 0) is 6.54 Å². The molecule has 0 aromatic carbocycles. The summed E-state index contributed by atoms with van der Waals surface area (Å²) < 4.78 is 0. The molecular formula is C8H8ClN3S. The van der Waals surface area contributed by atoms with Crippen LogP contribution in [0, 0.1) is 0 Å². The van der Waals surface area contributed by atoms with E-state index in [-0.39, 0.29) is 0 Å². The second kappa shape index (κ2) is 3.81. The van der Waals surface area contributed by atoms with E-state index in [0.29, 0.717) is 0 Å². The molecule has 0 fully saturated rings. The minimum absolute atomic E-state index is 0.746. The standard InChI is InChI=1S/C8H8ClN3S/c9-7-1-2-13-8(7)5-10-6-3-11-12-4-6/h1-4,10H,5H2,(H,11,12). The molecule has 3 nitrogen and oxygen atoms in total. The van der Waals surface area contributed by atoms with E-state index < -0.39 is 0 Å². The van der Waals surface area contributed by atoms with E-state index in [0.717, 1.165) is 22.1 Å². The first-order chi connectivity index (χ1) is 6.36. The highest BCUT2D eigenvalue weighted by molar-refractivity contribution is 7.10. The Balaban J connectivity index is 1.97. The minimum atomic E-state index is 0.746. The molecule has 0 radical (unpaired) electrons. The van der Waals surface area contributed by atoms with Gasteiger partial charge < -0.3 is 5.32 Å². The van der Waals surface area contributed by atoms with E-state index >= 15 is 0 Å². The maximum atomic E-state index is 5.93. The number of aromatic nitrogens is 2. The van der Waals surface area contributed by atoms with Crippen LogP contribution in [0.4, 0.5) is 5.69 Å². The van der Waals surface area contributed by atoms with Crippen molar-refractivity contribution in [3.8, 4) is 0 Å². The van der Waals surface area contributed by atoms with E-state index in [9.17, 15) is 0 Å². The number of H-pyrrole nitrogens is 1. The first-order valence-corrected chi connectivity index (χ1v) is 5.06. The Morgan fingerprint density at radius 3 is 3.15 bits per heavy atom. The van der Waals surface area contributed by atoms with Gasteiger partial charge in [-0.2, -0.15) is 5.10 Å². The van der Waals surface area contributed by atoms with Gasteiger partial charge in [-0.3, -0.25) is 5.10 Å². The number of hydrogen-bond donors (Lipinski definition) is 2. The quantitative estimate of drug-likeness (QED) is 0.823. The zero-order valence-electron chi connectivity index (χ0n) is 6.75. The SMILES string of the molecule is Clc1ccsc1CNc1cn[nH]c1. The van der Waals surface area contributed by atoms with Crippen molar-refractivity contribution in [2.45, 2.75) is 6.54 Å². The molecule has 0 atom stereocenters. The fraction of sp³-hybridized carbons (Fsp3) is 0.125. The molecule has 2 rings (SSSR count). The Morgan fingerprint density at radius 1 is 1.62 bits per heavy atom. The molecule has 0 bridgehead atoms. The van der Waals surface area contributed by atoms with Gasteiger partial charge in [0.1, 0.15) is 0 Å². The van der Waals surface area contributed by atoms with Crippen molar-refractivity contribution in [1.29, 1.82) is 0 Å². The van der Waals surface area contributed by atoms with Gasteiger partial charge in [0, 0.05) is 11.1 Å². The monoisotopic (exact) mass is 213 g/mol. The molecule has 13 heavy (non-hydrogen) atoms. The van der Waals surface area contributed by atoms with Crippen LogP contribution >= 0.6 is 22.9 Å². The topological polar surface area (TPSA) is 40.7 Å². The first-order valence-electron chi connectivity index (χ1n) is 3.81. The second-order valence-electron chi connectivity index (χ2n) is 2.53. The molecular weight excluding hydrogens is 206 g/mol. The van der Waals surface area contributed by atoms with Gasteiger partial charge in [-0.05, 0) is 11.4 Å². The van der Waals surface area contributed by atoms with Gasteiger partial charge in [-0.15, -0.1) is 11.3 Å². The van der Waals surface area contributed by atoms with Crippen molar-refractivity contribution in [1.82, 2.24) is 10.2 Å². The van der Waals surface area contributed by atoms with E-state index in [2.05, 4.69) is 15.5 Å². The van der Waals surface area contributed by atoms with Gasteiger partial charge in [-0.25, -0.2) is 0 Å². The number of aromatic amines is 1. The van der Waals surface area contributed by atoms with Crippen LogP contribution in [0.3, 0.4) is 0 Å².